The van der Waals surface area contributed by atoms with Crippen molar-refractivity contribution in [1.29, 1.82) is 0 Å². The van der Waals surface area contributed by atoms with Crippen molar-refractivity contribution in [3.05, 3.63) is 22.6 Å². The van der Waals surface area contributed by atoms with Gasteiger partial charge >= 0.3 is 0 Å². The summed E-state index contributed by atoms with van der Waals surface area (Å²) >= 11 is 3.40. The highest BCUT2D eigenvalue weighted by atomic mass is 79.9. The van der Waals surface area contributed by atoms with E-state index in [1.165, 1.54) is 24.8 Å². The van der Waals surface area contributed by atoms with Gasteiger partial charge in [0.05, 0.1) is 6.26 Å². The summed E-state index contributed by atoms with van der Waals surface area (Å²) in [4.78, 5) is 0. The normalized spacial score (nSPS) is 24.2. The molecule has 0 saturated carbocycles. The third-order valence-electron chi connectivity index (χ3n) is 2.33. The maximum Gasteiger partial charge on any atom is 0.173 e. The molecule has 0 aliphatic carbocycles. The molecule has 1 aromatic heterocycles. The van der Waals surface area contributed by atoms with Gasteiger partial charge in [-0.1, -0.05) is 6.42 Å². The summed E-state index contributed by atoms with van der Waals surface area (Å²) in [5.41, 5.74) is 1.26. The predicted octanol–water partition coefficient (Wildman–Crippen LogP) is 2.86. The zero-order chi connectivity index (χ0) is 8.39. The van der Waals surface area contributed by atoms with Gasteiger partial charge in [-0.3, -0.25) is 0 Å². The molecule has 2 heterocycles. The van der Waals surface area contributed by atoms with Crippen LogP contribution in [0, 0.1) is 0 Å². The smallest absolute Gasteiger partial charge is 0.173 e. The van der Waals surface area contributed by atoms with Crippen LogP contribution in [0.2, 0.25) is 0 Å². The molecule has 2 rings (SSSR count). The van der Waals surface area contributed by atoms with Gasteiger partial charge in [0, 0.05) is 11.6 Å². The summed E-state index contributed by atoms with van der Waals surface area (Å²) in [5.74, 6) is 0. The van der Waals surface area contributed by atoms with Gasteiger partial charge in [0.2, 0.25) is 0 Å². The maximum absolute atomic E-state index is 5.19. The van der Waals surface area contributed by atoms with Gasteiger partial charge in [-0.05, 0) is 41.4 Å². The van der Waals surface area contributed by atoms with E-state index >= 15 is 0 Å². The Hall–Kier alpha value is -0.280. The summed E-state index contributed by atoms with van der Waals surface area (Å²) < 4.78 is 6.07. The van der Waals surface area contributed by atoms with Crippen LogP contribution in [0.5, 0.6) is 0 Å². The van der Waals surface area contributed by atoms with Gasteiger partial charge in [0.15, 0.2) is 4.67 Å². The average molecular weight is 230 g/mol. The minimum absolute atomic E-state index is 0.492. The van der Waals surface area contributed by atoms with Crippen LogP contribution in [0.15, 0.2) is 21.4 Å². The van der Waals surface area contributed by atoms with E-state index in [2.05, 4.69) is 21.2 Å². The van der Waals surface area contributed by atoms with Crippen LogP contribution in [0.25, 0.3) is 0 Å². The van der Waals surface area contributed by atoms with E-state index in [1.54, 1.807) is 6.26 Å². The Bertz CT molecular complexity index is 253. The van der Waals surface area contributed by atoms with E-state index < -0.39 is 0 Å². The molecular formula is C9H12BrNO. The van der Waals surface area contributed by atoms with Crippen molar-refractivity contribution < 1.29 is 4.42 Å². The number of halogens is 1. The van der Waals surface area contributed by atoms with Crippen molar-refractivity contribution >= 4 is 15.9 Å². The van der Waals surface area contributed by atoms with Crippen molar-refractivity contribution in [1.82, 2.24) is 5.32 Å². The highest BCUT2D eigenvalue weighted by Gasteiger charge is 2.18. The van der Waals surface area contributed by atoms with Gasteiger partial charge in [-0.15, -0.1) is 0 Å². The summed E-state index contributed by atoms with van der Waals surface area (Å²) in [5, 5.41) is 3.47. The summed E-state index contributed by atoms with van der Waals surface area (Å²) in [6.45, 7) is 1.13. The Morgan fingerprint density at radius 3 is 3.00 bits per heavy atom. The molecule has 1 aliphatic rings. The predicted molar refractivity (Wildman–Crippen MR) is 51.0 cm³/mol. The SMILES string of the molecule is Brc1occc1C1CCCCN1. The van der Waals surface area contributed by atoms with E-state index in [4.69, 9.17) is 4.42 Å². The number of nitrogens with one attached hydrogen (secondary N) is 1. The first-order valence-corrected chi connectivity index (χ1v) is 5.13. The van der Waals surface area contributed by atoms with Crippen molar-refractivity contribution in [3.8, 4) is 0 Å². The summed E-state index contributed by atoms with van der Waals surface area (Å²) in [6, 6.07) is 2.53. The fourth-order valence-corrected chi connectivity index (χ4v) is 2.19. The molecule has 0 aromatic carbocycles. The quantitative estimate of drug-likeness (QED) is 0.802. The van der Waals surface area contributed by atoms with E-state index in [9.17, 15) is 0 Å². The molecule has 1 fully saturated rings. The number of rotatable bonds is 1. The third-order valence-corrected chi connectivity index (χ3v) is 2.98. The first-order chi connectivity index (χ1) is 5.88. The van der Waals surface area contributed by atoms with Gasteiger partial charge in [-0.2, -0.15) is 0 Å². The molecule has 1 aliphatic heterocycles. The van der Waals surface area contributed by atoms with Crippen LogP contribution in [0.3, 0.4) is 0 Å². The van der Waals surface area contributed by atoms with Crippen LogP contribution < -0.4 is 5.32 Å². The molecule has 3 heteroatoms. The van der Waals surface area contributed by atoms with Gasteiger partial charge in [0.1, 0.15) is 0 Å². The first kappa shape index (κ1) is 8.32. The third kappa shape index (κ3) is 1.57. The van der Waals surface area contributed by atoms with Crippen molar-refractivity contribution in [3.63, 3.8) is 0 Å². The second-order valence-electron chi connectivity index (χ2n) is 3.15. The Morgan fingerprint density at radius 1 is 1.50 bits per heavy atom. The van der Waals surface area contributed by atoms with Crippen LogP contribution in [-0.4, -0.2) is 6.54 Å². The van der Waals surface area contributed by atoms with Crippen LogP contribution >= 0.6 is 15.9 Å². The standard InChI is InChI=1S/C9H12BrNO/c10-9-7(4-6-12-9)8-3-1-2-5-11-8/h4,6,8,11H,1-3,5H2. The summed E-state index contributed by atoms with van der Waals surface area (Å²) in [7, 11) is 0. The lowest BCUT2D eigenvalue weighted by Crippen LogP contribution is -2.26. The van der Waals surface area contributed by atoms with E-state index in [1.807, 2.05) is 6.07 Å². The molecule has 1 saturated heterocycles. The lowest BCUT2D eigenvalue weighted by atomic mass is 10.0. The average Bonchev–Trinajstić information content (AvgIpc) is 2.53. The molecule has 0 amide bonds. The number of piperidine rings is 1. The number of hydrogen-bond acceptors (Lipinski definition) is 2. The fraction of sp³-hybridized carbons (Fsp3) is 0.556. The topological polar surface area (TPSA) is 25.2 Å². The van der Waals surface area contributed by atoms with Crippen LogP contribution in [-0.2, 0) is 0 Å². The first-order valence-electron chi connectivity index (χ1n) is 4.34. The van der Waals surface area contributed by atoms with E-state index in [0.717, 1.165) is 11.2 Å². The van der Waals surface area contributed by atoms with Crippen molar-refractivity contribution in [2.24, 2.45) is 0 Å². The van der Waals surface area contributed by atoms with E-state index in [0.29, 0.717) is 6.04 Å². The minimum Gasteiger partial charge on any atom is -0.457 e. The van der Waals surface area contributed by atoms with Crippen LogP contribution in [0.1, 0.15) is 30.9 Å². The molecular weight excluding hydrogens is 218 g/mol. The molecule has 0 bridgehead atoms. The van der Waals surface area contributed by atoms with Gasteiger partial charge in [-0.25, -0.2) is 0 Å². The lowest BCUT2D eigenvalue weighted by Gasteiger charge is -2.22. The second-order valence-corrected chi connectivity index (χ2v) is 3.87. The monoisotopic (exact) mass is 229 g/mol. The Balaban J connectivity index is 2.13. The highest BCUT2D eigenvalue weighted by Crippen LogP contribution is 2.29. The molecule has 1 aromatic rings. The molecule has 1 N–H and O–H groups in total. The van der Waals surface area contributed by atoms with Crippen LogP contribution in [0.4, 0.5) is 0 Å². The maximum atomic E-state index is 5.19. The molecule has 12 heavy (non-hydrogen) atoms. The molecule has 0 radical (unpaired) electrons. The largest absolute Gasteiger partial charge is 0.457 e. The van der Waals surface area contributed by atoms with Crippen molar-refractivity contribution in [2.75, 3.05) is 6.54 Å². The Labute approximate surface area is 80.5 Å². The zero-order valence-electron chi connectivity index (χ0n) is 6.85. The molecule has 1 atom stereocenters. The Morgan fingerprint density at radius 2 is 2.42 bits per heavy atom. The van der Waals surface area contributed by atoms with E-state index in [-0.39, 0.29) is 0 Å². The number of hydrogen-bond donors (Lipinski definition) is 1. The molecule has 1 unspecified atom stereocenters. The number of furan rings is 1. The molecule has 2 nitrogen and oxygen atoms in total. The Kier molecular flexibility index (Phi) is 2.51. The lowest BCUT2D eigenvalue weighted by molar-refractivity contribution is 0.405. The van der Waals surface area contributed by atoms with Crippen molar-refractivity contribution in [2.45, 2.75) is 25.3 Å². The zero-order valence-corrected chi connectivity index (χ0v) is 8.43. The van der Waals surface area contributed by atoms with Gasteiger partial charge in [0.25, 0.3) is 0 Å². The molecule has 0 spiro atoms. The second kappa shape index (κ2) is 3.62. The molecule has 66 valence electrons. The highest BCUT2D eigenvalue weighted by molar-refractivity contribution is 9.10. The minimum atomic E-state index is 0.492. The fourth-order valence-electron chi connectivity index (χ4n) is 1.67. The van der Waals surface area contributed by atoms with Gasteiger partial charge < -0.3 is 9.73 Å². The summed E-state index contributed by atoms with van der Waals surface area (Å²) in [6.07, 6.45) is 5.56.